The first-order chi connectivity index (χ1) is 12.0. The number of carbonyl (C=O) groups is 1. The molecule has 0 saturated carbocycles. The molecule has 0 spiro atoms. The van der Waals surface area contributed by atoms with E-state index < -0.39 is 0 Å². The number of nitrogens with zero attached hydrogens (tertiary/aromatic N) is 5. The second-order valence-corrected chi connectivity index (χ2v) is 7.27. The molecule has 0 radical (unpaired) electrons. The Labute approximate surface area is 147 Å². The Morgan fingerprint density at radius 2 is 2.00 bits per heavy atom. The third-order valence-corrected chi connectivity index (χ3v) is 5.49. The summed E-state index contributed by atoms with van der Waals surface area (Å²) in [4.78, 5) is 18.1. The largest absolute Gasteiger partial charge is 0.371 e. The highest BCUT2D eigenvalue weighted by atomic mass is 16.5. The maximum Gasteiger partial charge on any atom is 0.219 e. The molecule has 1 aromatic rings. The van der Waals surface area contributed by atoms with Crippen molar-refractivity contribution in [2.45, 2.75) is 45.1 Å². The predicted octanol–water partition coefficient (Wildman–Crippen LogP) is -0.0302. The first-order valence-electron chi connectivity index (χ1n) is 9.04. The average molecular weight is 346 g/mol. The number of ether oxygens (including phenoxy) is 1. The third-order valence-electron chi connectivity index (χ3n) is 5.49. The van der Waals surface area contributed by atoms with Gasteiger partial charge in [0.15, 0.2) is 5.82 Å². The quantitative estimate of drug-likeness (QED) is 0.822. The van der Waals surface area contributed by atoms with E-state index in [1.165, 1.54) is 0 Å². The number of fused-ring (bicyclic) bond motifs is 2. The molecule has 0 aromatic carbocycles. The number of aromatic nitrogens is 2. The van der Waals surface area contributed by atoms with Crippen molar-refractivity contribution in [1.29, 1.82) is 0 Å². The molecule has 1 amide bonds. The number of morpholine rings is 1. The van der Waals surface area contributed by atoms with Gasteiger partial charge in [-0.3, -0.25) is 4.79 Å². The van der Waals surface area contributed by atoms with Crippen molar-refractivity contribution in [3.8, 4) is 0 Å². The fourth-order valence-corrected chi connectivity index (χ4v) is 4.09. The molecule has 2 bridgehead atoms. The van der Waals surface area contributed by atoms with E-state index in [-0.39, 0.29) is 11.9 Å². The van der Waals surface area contributed by atoms with E-state index in [9.17, 15) is 4.79 Å². The molecule has 1 aromatic heterocycles. The summed E-state index contributed by atoms with van der Waals surface area (Å²) in [5.41, 5.74) is 7.76. The summed E-state index contributed by atoms with van der Waals surface area (Å²) in [5.74, 6) is 1.03. The Balaban J connectivity index is 1.57. The lowest BCUT2D eigenvalue weighted by Crippen LogP contribution is -2.57. The van der Waals surface area contributed by atoms with Crippen molar-refractivity contribution in [2.75, 3.05) is 42.5 Å². The number of anilines is 2. The summed E-state index contributed by atoms with van der Waals surface area (Å²) in [6, 6.07) is 2.33. The number of hydrogen-bond donors (Lipinski definition) is 1. The van der Waals surface area contributed by atoms with Crippen LogP contribution in [0.25, 0.3) is 0 Å². The van der Waals surface area contributed by atoms with Gasteiger partial charge in [-0.1, -0.05) is 0 Å². The molecule has 4 saturated heterocycles. The molecule has 4 aliphatic rings. The number of piperazine rings is 1. The number of hydrogen-bond acceptors (Lipinski definition) is 7. The lowest BCUT2D eigenvalue weighted by atomic mass is 9.99. The van der Waals surface area contributed by atoms with E-state index in [0.29, 0.717) is 18.8 Å². The number of nitrogens with two attached hydrogens (primary N) is 1. The van der Waals surface area contributed by atoms with Crippen molar-refractivity contribution in [1.82, 2.24) is 15.1 Å². The van der Waals surface area contributed by atoms with Gasteiger partial charge in [0.05, 0.1) is 17.9 Å². The van der Waals surface area contributed by atoms with Gasteiger partial charge in [0.1, 0.15) is 5.69 Å². The highest BCUT2D eigenvalue weighted by Gasteiger charge is 2.39. The maximum absolute atomic E-state index is 11.7. The minimum Gasteiger partial charge on any atom is -0.371 e. The summed E-state index contributed by atoms with van der Waals surface area (Å²) in [6.07, 6.45) is 1.81. The minimum absolute atomic E-state index is 0.131. The van der Waals surface area contributed by atoms with E-state index in [0.717, 1.165) is 56.3 Å². The molecular formula is C17H26N6O2. The second-order valence-electron chi connectivity index (χ2n) is 7.27. The number of piperidine rings is 1. The molecule has 5 rings (SSSR count). The van der Waals surface area contributed by atoms with Gasteiger partial charge in [0.25, 0.3) is 0 Å². The van der Waals surface area contributed by atoms with Crippen molar-refractivity contribution in [3.63, 3.8) is 0 Å². The topological polar surface area (TPSA) is 87.8 Å². The van der Waals surface area contributed by atoms with E-state index >= 15 is 0 Å². The Hall–Kier alpha value is -1.93. The standard InChI is InChI=1S/C17H26N6O2/c1-11-8-21(12(2)24)3-4-23(11)16-6-17(20-19-15(16)7-18)22-9-13-5-14(10-22)25-13/h6,11,13-14H,3-5,7-10,18H2,1-2H3. The van der Waals surface area contributed by atoms with Gasteiger partial charge in [-0.25, -0.2) is 0 Å². The lowest BCUT2D eigenvalue weighted by molar-refractivity contribution is -0.133. The van der Waals surface area contributed by atoms with Crippen molar-refractivity contribution in [2.24, 2.45) is 5.73 Å². The zero-order valence-electron chi connectivity index (χ0n) is 14.9. The monoisotopic (exact) mass is 346 g/mol. The fourth-order valence-electron chi connectivity index (χ4n) is 4.09. The van der Waals surface area contributed by atoms with Crippen molar-refractivity contribution < 1.29 is 9.53 Å². The second kappa shape index (κ2) is 6.42. The third kappa shape index (κ3) is 3.04. The number of rotatable bonds is 3. The zero-order valence-corrected chi connectivity index (χ0v) is 14.9. The molecule has 0 aliphatic carbocycles. The Bertz CT molecular complexity index is 653. The first-order valence-corrected chi connectivity index (χ1v) is 9.04. The molecule has 2 N–H and O–H groups in total. The van der Waals surface area contributed by atoms with Crippen molar-refractivity contribution >= 4 is 17.4 Å². The summed E-state index contributed by atoms with van der Waals surface area (Å²) < 4.78 is 5.71. The van der Waals surface area contributed by atoms with Crippen LogP contribution in [0.5, 0.6) is 0 Å². The summed E-state index contributed by atoms with van der Waals surface area (Å²) in [7, 11) is 0. The van der Waals surface area contributed by atoms with Crippen LogP contribution in [0.15, 0.2) is 6.07 Å². The molecular weight excluding hydrogens is 320 g/mol. The van der Waals surface area contributed by atoms with Crippen LogP contribution >= 0.6 is 0 Å². The van der Waals surface area contributed by atoms with Crippen LogP contribution in [0.3, 0.4) is 0 Å². The van der Waals surface area contributed by atoms with Gasteiger partial charge >= 0.3 is 0 Å². The molecule has 4 aliphatic heterocycles. The van der Waals surface area contributed by atoms with Crippen LogP contribution in [0.2, 0.25) is 0 Å². The highest BCUT2D eigenvalue weighted by molar-refractivity contribution is 5.73. The molecule has 5 heterocycles. The van der Waals surface area contributed by atoms with Gasteiger partial charge < -0.3 is 25.2 Å². The van der Waals surface area contributed by atoms with Gasteiger partial charge in [-0.15, -0.1) is 10.2 Å². The van der Waals surface area contributed by atoms with Crippen LogP contribution in [0.4, 0.5) is 11.5 Å². The fraction of sp³-hybridized carbons (Fsp3) is 0.706. The molecule has 8 nitrogen and oxygen atoms in total. The number of amides is 1. The van der Waals surface area contributed by atoms with Crippen LogP contribution in [0, 0.1) is 0 Å². The van der Waals surface area contributed by atoms with E-state index in [2.05, 4.69) is 33.0 Å². The van der Waals surface area contributed by atoms with E-state index in [1.54, 1.807) is 6.92 Å². The summed E-state index contributed by atoms with van der Waals surface area (Å²) in [5, 5.41) is 8.80. The van der Waals surface area contributed by atoms with Gasteiger partial charge in [0.2, 0.25) is 5.91 Å². The van der Waals surface area contributed by atoms with Gasteiger partial charge in [0, 0.05) is 64.7 Å². The predicted molar refractivity (Wildman–Crippen MR) is 94.5 cm³/mol. The zero-order chi connectivity index (χ0) is 17.6. The smallest absolute Gasteiger partial charge is 0.219 e. The molecule has 3 unspecified atom stereocenters. The lowest BCUT2D eigenvalue weighted by Gasteiger charge is -2.47. The van der Waals surface area contributed by atoms with Crippen LogP contribution < -0.4 is 15.5 Å². The first kappa shape index (κ1) is 16.5. The Morgan fingerprint density at radius 3 is 2.60 bits per heavy atom. The van der Waals surface area contributed by atoms with Crippen LogP contribution in [-0.4, -0.2) is 72.0 Å². The minimum atomic E-state index is 0.131. The Morgan fingerprint density at radius 1 is 1.28 bits per heavy atom. The average Bonchev–Trinajstić information content (AvgIpc) is 2.60. The molecule has 136 valence electrons. The Kier molecular flexibility index (Phi) is 4.24. The SMILES string of the molecule is CC(=O)N1CCN(c2cc(N3CC4CC(C3)O4)nnc2CN)C(C)C1. The molecule has 25 heavy (non-hydrogen) atoms. The van der Waals surface area contributed by atoms with Crippen LogP contribution in [0.1, 0.15) is 26.0 Å². The van der Waals surface area contributed by atoms with Crippen LogP contribution in [-0.2, 0) is 16.1 Å². The summed E-state index contributed by atoms with van der Waals surface area (Å²) >= 11 is 0. The summed E-state index contributed by atoms with van der Waals surface area (Å²) in [6.45, 7) is 8.11. The maximum atomic E-state index is 11.7. The molecule has 4 fully saturated rings. The highest BCUT2D eigenvalue weighted by Crippen LogP contribution is 2.33. The van der Waals surface area contributed by atoms with Gasteiger partial charge in [-0.05, 0) is 6.92 Å². The van der Waals surface area contributed by atoms with E-state index in [4.69, 9.17) is 10.5 Å². The molecule has 3 atom stereocenters. The van der Waals surface area contributed by atoms with E-state index in [1.807, 2.05) is 4.90 Å². The van der Waals surface area contributed by atoms with Gasteiger partial charge in [-0.2, -0.15) is 0 Å². The molecule has 8 heteroatoms. The van der Waals surface area contributed by atoms with Crippen molar-refractivity contribution in [3.05, 3.63) is 11.8 Å². The number of carbonyl (C=O) groups excluding carboxylic acids is 1. The normalized spacial score (nSPS) is 28.8.